The number of aliphatic hydroxyl groups is 4. The molecule has 0 spiro atoms. The highest BCUT2D eigenvalue weighted by Gasteiger charge is 2.45. The molecule has 0 aliphatic carbocycles. The number of rotatable bonds is 11. The summed E-state index contributed by atoms with van der Waals surface area (Å²) in [6, 6.07) is 10.4. The van der Waals surface area contributed by atoms with Gasteiger partial charge in [-0.25, -0.2) is 13.2 Å². The molecule has 2 aromatic rings. The van der Waals surface area contributed by atoms with Crippen LogP contribution in [-0.2, 0) is 14.8 Å². The Bertz CT molecular complexity index is 1140. The van der Waals surface area contributed by atoms with E-state index in [4.69, 9.17) is 9.47 Å². The number of carboxylic acids is 1. The number of carbonyl (C=O) groups is 1. The van der Waals surface area contributed by atoms with Crippen LogP contribution in [0.2, 0.25) is 0 Å². The van der Waals surface area contributed by atoms with E-state index in [1.165, 1.54) is 6.07 Å². The van der Waals surface area contributed by atoms with Gasteiger partial charge in [0.15, 0.2) is 12.0 Å². The van der Waals surface area contributed by atoms with Crippen molar-refractivity contribution < 1.29 is 48.2 Å². The first-order valence-corrected chi connectivity index (χ1v) is 12.8. The fraction of sp³-hybridized carbons (Fsp3) is 0.435. The molecule has 12 nitrogen and oxygen atoms in total. The lowest BCUT2D eigenvalue weighted by Gasteiger charge is -2.40. The van der Waals surface area contributed by atoms with E-state index >= 15 is 0 Å². The number of sulfonamides is 1. The van der Waals surface area contributed by atoms with Crippen LogP contribution >= 0.6 is 0 Å². The van der Waals surface area contributed by atoms with Gasteiger partial charge in [0.1, 0.15) is 35.1 Å². The van der Waals surface area contributed by atoms with Crippen molar-refractivity contribution in [2.45, 2.75) is 55.3 Å². The first kappa shape index (κ1) is 27.8. The molecule has 0 amide bonds. The van der Waals surface area contributed by atoms with E-state index in [-0.39, 0.29) is 22.7 Å². The highest BCUT2D eigenvalue weighted by atomic mass is 32.2. The van der Waals surface area contributed by atoms with Crippen molar-refractivity contribution in [1.82, 2.24) is 4.72 Å². The Hall–Kier alpha value is -2.78. The molecule has 1 heterocycles. The first-order valence-electron chi connectivity index (χ1n) is 11.3. The van der Waals surface area contributed by atoms with Crippen molar-refractivity contribution in [3.8, 4) is 11.5 Å². The van der Waals surface area contributed by atoms with Crippen LogP contribution < -0.4 is 14.8 Å². The molecule has 13 heteroatoms. The lowest BCUT2D eigenvalue weighted by atomic mass is 9.99. The minimum Gasteiger partial charge on any atom is -0.478 e. The fourth-order valence-electron chi connectivity index (χ4n) is 3.58. The van der Waals surface area contributed by atoms with Gasteiger partial charge < -0.3 is 40.3 Å². The van der Waals surface area contributed by atoms with Crippen molar-refractivity contribution in [3.05, 3.63) is 48.0 Å². The molecule has 198 valence electrons. The number of aromatic carboxylic acids is 1. The summed E-state index contributed by atoms with van der Waals surface area (Å²) in [6.07, 6.45) is -6.97. The third-order valence-electron chi connectivity index (χ3n) is 5.56. The molecule has 0 radical (unpaired) electrons. The summed E-state index contributed by atoms with van der Waals surface area (Å²) >= 11 is 0. The van der Waals surface area contributed by atoms with Crippen LogP contribution in [0.1, 0.15) is 30.1 Å². The van der Waals surface area contributed by atoms with Gasteiger partial charge in [0, 0.05) is 6.54 Å². The Labute approximate surface area is 208 Å². The van der Waals surface area contributed by atoms with Crippen LogP contribution in [0, 0.1) is 0 Å². The molecule has 3 rings (SSSR count). The standard InChI is InChI=1S/C23H30N2O10S/c1-2-3-9-24-15-10-13(23(30)31)11-17(21(15)34-14-7-5-4-6-8-14)36(32,33)25-22-20(29)19(28)18(27)16(12-26)35-22/h4-8,10-11,16,18-20,22,24-29H,2-3,9,12H2,1H3,(H,30,31)/t16-,18+,19?,20+,22-/m1/s1. The number of hydrogen-bond acceptors (Lipinski definition) is 10. The molecule has 1 saturated heterocycles. The fourth-order valence-corrected chi connectivity index (χ4v) is 4.89. The third-order valence-corrected chi connectivity index (χ3v) is 6.99. The van der Waals surface area contributed by atoms with Crippen LogP contribution in [0.3, 0.4) is 0 Å². The number of carboxylic acid groups (broad SMARTS) is 1. The number of nitrogens with one attached hydrogen (secondary N) is 2. The van der Waals surface area contributed by atoms with Gasteiger partial charge in [0.2, 0.25) is 10.0 Å². The molecule has 1 unspecified atom stereocenters. The summed E-state index contributed by atoms with van der Waals surface area (Å²) in [7, 11) is -4.66. The van der Waals surface area contributed by atoms with Crippen molar-refractivity contribution in [2.75, 3.05) is 18.5 Å². The van der Waals surface area contributed by atoms with E-state index < -0.39 is 58.1 Å². The van der Waals surface area contributed by atoms with Crippen LogP contribution in [0.15, 0.2) is 47.4 Å². The average Bonchev–Trinajstić information content (AvgIpc) is 2.85. The van der Waals surface area contributed by atoms with Gasteiger partial charge in [-0.1, -0.05) is 31.5 Å². The number of para-hydroxylation sites is 1. The number of hydrogen-bond donors (Lipinski definition) is 7. The molecule has 0 bridgehead atoms. The number of benzene rings is 2. The lowest BCUT2D eigenvalue weighted by molar-refractivity contribution is -0.231. The molecular weight excluding hydrogens is 496 g/mol. The second kappa shape index (κ2) is 12.0. The van der Waals surface area contributed by atoms with Gasteiger partial charge in [0.25, 0.3) is 0 Å². The number of ether oxygens (including phenoxy) is 2. The largest absolute Gasteiger partial charge is 0.478 e. The summed E-state index contributed by atoms with van der Waals surface area (Å²) in [4.78, 5) is 11.2. The van der Waals surface area contributed by atoms with Gasteiger partial charge in [0.05, 0.1) is 17.9 Å². The monoisotopic (exact) mass is 526 g/mol. The SMILES string of the molecule is CCCCNc1cc(C(=O)O)cc(S(=O)(=O)N[C@@H]2O[C@H](CO)[C@H](O)C(O)[C@@H]2O)c1Oc1ccccc1. The van der Waals surface area contributed by atoms with Gasteiger partial charge >= 0.3 is 5.97 Å². The number of aliphatic hydroxyl groups excluding tert-OH is 4. The van der Waals surface area contributed by atoms with E-state index in [0.717, 1.165) is 12.5 Å². The quantitative estimate of drug-likeness (QED) is 0.201. The van der Waals surface area contributed by atoms with Crippen LogP contribution in [0.25, 0.3) is 0 Å². The molecule has 5 atom stereocenters. The van der Waals surface area contributed by atoms with Crippen molar-refractivity contribution in [3.63, 3.8) is 0 Å². The molecule has 0 saturated carbocycles. The predicted octanol–water partition coefficient (Wildman–Crippen LogP) is 0.467. The molecule has 1 fully saturated rings. The van der Waals surface area contributed by atoms with E-state index in [9.17, 15) is 38.7 Å². The maximum Gasteiger partial charge on any atom is 0.335 e. The molecule has 36 heavy (non-hydrogen) atoms. The lowest BCUT2D eigenvalue weighted by Crippen LogP contribution is -2.63. The Morgan fingerprint density at radius 1 is 1.08 bits per heavy atom. The zero-order valence-corrected chi connectivity index (χ0v) is 20.3. The highest BCUT2D eigenvalue weighted by Crippen LogP contribution is 2.38. The van der Waals surface area contributed by atoms with Crippen molar-refractivity contribution in [2.24, 2.45) is 0 Å². The first-order chi connectivity index (χ1) is 17.1. The topological polar surface area (TPSA) is 195 Å². The molecule has 7 N–H and O–H groups in total. The summed E-state index contributed by atoms with van der Waals surface area (Å²) in [5.74, 6) is -1.30. The molecule has 1 aliphatic rings. The predicted molar refractivity (Wildman–Crippen MR) is 127 cm³/mol. The molecule has 1 aliphatic heterocycles. The van der Waals surface area contributed by atoms with Crippen molar-refractivity contribution >= 4 is 21.7 Å². The van der Waals surface area contributed by atoms with E-state index in [1.807, 2.05) is 6.92 Å². The van der Waals surface area contributed by atoms with Gasteiger partial charge in [-0.3, -0.25) is 0 Å². The number of anilines is 1. The van der Waals surface area contributed by atoms with Gasteiger partial charge in [-0.05, 0) is 30.7 Å². The number of unbranched alkanes of at least 4 members (excludes halogenated alkanes) is 1. The summed E-state index contributed by atoms with van der Waals surface area (Å²) in [5.41, 5.74) is -0.232. The zero-order chi connectivity index (χ0) is 26.5. The van der Waals surface area contributed by atoms with Gasteiger partial charge in [-0.2, -0.15) is 4.72 Å². The molecular formula is C23H30N2O10S. The Morgan fingerprint density at radius 2 is 1.78 bits per heavy atom. The summed E-state index contributed by atoms with van der Waals surface area (Å²) in [6.45, 7) is 1.60. The Morgan fingerprint density at radius 3 is 2.39 bits per heavy atom. The second-order valence-corrected chi connectivity index (χ2v) is 9.90. The minimum atomic E-state index is -4.66. The van der Waals surface area contributed by atoms with Crippen molar-refractivity contribution in [1.29, 1.82) is 0 Å². The summed E-state index contributed by atoms with van der Waals surface area (Å²) in [5, 5.41) is 52.3. The molecule has 2 aromatic carbocycles. The van der Waals surface area contributed by atoms with Crippen LogP contribution in [0.4, 0.5) is 5.69 Å². The van der Waals surface area contributed by atoms with E-state index in [0.29, 0.717) is 13.0 Å². The van der Waals surface area contributed by atoms with E-state index in [1.54, 1.807) is 30.3 Å². The highest BCUT2D eigenvalue weighted by molar-refractivity contribution is 7.89. The zero-order valence-electron chi connectivity index (χ0n) is 19.4. The third kappa shape index (κ3) is 6.31. The summed E-state index contributed by atoms with van der Waals surface area (Å²) < 4.78 is 40.2. The Balaban J connectivity index is 2.08. The maximum absolute atomic E-state index is 13.5. The normalized spacial score (nSPS) is 24.3. The smallest absolute Gasteiger partial charge is 0.335 e. The van der Waals surface area contributed by atoms with Crippen LogP contribution in [-0.4, -0.2) is 83.7 Å². The Kier molecular flexibility index (Phi) is 9.24. The molecule has 0 aromatic heterocycles. The van der Waals surface area contributed by atoms with Gasteiger partial charge in [-0.15, -0.1) is 0 Å². The maximum atomic E-state index is 13.5. The van der Waals surface area contributed by atoms with E-state index in [2.05, 4.69) is 10.0 Å². The average molecular weight is 527 g/mol. The minimum absolute atomic E-state index is 0.112. The second-order valence-electron chi connectivity index (χ2n) is 8.22. The van der Waals surface area contributed by atoms with Crippen LogP contribution in [0.5, 0.6) is 11.5 Å².